The molecule has 0 aliphatic carbocycles. The van der Waals surface area contributed by atoms with Crippen LogP contribution in [0.4, 0.5) is 24.5 Å². The van der Waals surface area contributed by atoms with Crippen LogP contribution in [0.25, 0.3) is 0 Å². The summed E-state index contributed by atoms with van der Waals surface area (Å²) in [6.07, 6.45) is -2.72. The zero-order chi connectivity index (χ0) is 27.2. The van der Waals surface area contributed by atoms with E-state index < -0.39 is 48.9 Å². The molecular weight excluding hydrogens is 491 g/mol. The normalized spacial score (nSPS) is 14.7. The first-order valence-electron chi connectivity index (χ1n) is 11.9. The molecule has 0 fully saturated rings. The summed E-state index contributed by atoms with van der Waals surface area (Å²) >= 11 is 0. The number of para-hydroxylation sites is 1. The number of carbonyl (C=O) groups excluding carboxylic acids is 4. The first-order valence-corrected chi connectivity index (χ1v) is 11.9. The smallest absolute Gasteiger partial charge is 0.386 e. The van der Waals surface area contributed by atoms with E-state index in [1.165, 1.54) is 11.8 Å². The molecule has 1 aliphatic rings. The number of ether oxygens (including phenoxy) is 1. The summed E-state index contributed by atoms with van der Waals surface area (Å²) in [5.74, 6) is -5.12. The number of carbonyl (C=O) groups is 4. The van der Waals surface area contributed by atoms with Gasteiger partial charge in [0, 0.05) is 11.7 Å². The Balaban J connectivity index is 1.92. The molecule has 11 heteroatoms. The minimum atomic E-state index is -5.33. The lowest BCUT2D eigenvalue weighted by Gasteiger charge is -2.27. The van der Waals surface area contributed by atoms with Crippen molar-refractivity contribution < 1.29 is 37.1 Å². The average Bonchev–Trinajstić information content (AvgIpc) is 2.95. The van der Waals surface area contributed by atoms with Crippen molar-refractivity contribution in [3.8, 4) is 0 Å². The highest BCUT2D eigenvalue weighted by atomic mass is 19.4. The zero-order valence-electron chi connectivity index (χ0n) is 20.3. The number of alkyl halides is 3. The number of fused-ring (bicyclic) bond motifs is 1. The number of amides is 2. The van der Waals surface area contributed by atoms with Crippen molar-refractivity contribution in [1.29, 1.82) is 0 Å². The first kappa shape index (κ1) is 27.9. The summed E-state index contributed by atoms with van der Waals surface area (Å²) in [5.41, 5.74) is 7.53. The van der Waals surface area contributed by atoms with Crippen molar-refractivity contribution in [3.05, 3.63) is 59.7 Å². The topological polar surface area (TPSA) is 110 Å². The van der Waals surface area contributed by atoms with E-state index >= 15 is 0 Å². The maximum atomic E-state index is 13.6. The molecule has 2 N–H and O–H groups in total. The first-order chi connectivity index (χ1) is 17.5. The molecule has 2 aromatic rings. The number of esters is 2. The molecule has 37 heavy (non-hydrogen) atoms. The third-order valence-electron chi connectivity index (χ3n) is 5.96. The van der Waals surface area contributed by atoms with E-state index in [0.717, 1.165) is 29.7 Å². The third-order valence-corrected chi connectivity index (χ3v) is 5.96. The van der Waals surface area contributed by atoms with Gasteiger partial charge in [0.1, 0.15) is 6.54 Å². The van der Waals surface area contributed by atoms with Crippen LogP contribution in [0.5, 0.6) is 0 Å². The number of rotatable bonds is 9. The summed E-state index contributed by atoms with van der Waals surface area (Å²) < 4.78 is 41.2. The third kappa shape index (κ3) is 6.94. The standard InChI is InChI=1S/C26H28F3N3O5/c1-17(14-23(34)37-25(36)26(27,28)29)31-16-22(33)32(19-9-5-2-6-10-19)21-12-11-18(8-4-3-7-13-30)15-20(21)24(31)35/h2,5-6,9-12,15,17H,3-4,7-8,13-14,16,30H2,1H3. The summed E-state index contributed by atoms with van der Waals surface area (Å²) in [7, 11) is 0. The SMILES string of the molecule is CC(CC(=O)OC(=O)C(F)(F)F)N1CC(=O)N(c2ccccc2)c2ccc(CCCCCN)cc2C1=O. The van der Waals surface area contributed by atoms with E-state index in [2.05, 4.69) is 4.74 Å². The Hall–Kier alpha value is -3.73. The second kappa shape index (κ2) is 12.0. The van der Waals surface area contributed by atoms with Crippen LogP contribution in [-0.4, -0.2) is 54.0 Å². The second-order valence-electron chi connectivity index (χ2n) is 8.76. The van der Waals surface area contributed by atoms with Crippen LogP contribution < -0.4 is 10.6 Å². The minimum absolute atomic E-state index is 0.220. The van der Waals surface area contributed by atoms with Crippen molar-refractivity contribution in [3.63, 3.8) is 0 Å². The van der Waals surface area contributed by atoms with Crippen LogP contribution in [0, 0.1) is 0 Å². The Morgan fingerprint density at radius 3 is 2.41 bits per heavy atom. The van der Waals surface area contributed by atoms with Crippen LogP contribution in [0.15, 0.2) is 48.5 Å². The van der Waals surface area contributed by atoms with E-state index in [9.17, 15) is 32.3 Å². The van der Waals surface area contributed by atoms with E-state index in [-0.39, 0.29) is 5.56 Å². The number of nitrogens with two attached hydrogens (primary N) is 1. The predicted molar refractivity (Wildman–Crippen MR) is 129 cm³/mol. The average molecular weight is 520 g/mol. The minimum Gasteiger partial charge on any atom is -0.386 e. The lowest BCUT2D eigenvalue weighted by molar-refractivity contribution is -0.202. The molecule has 0 radical (unpaired) electrons. The van der Waals surface area contributed by atoms with Gasteiger partial charge in [-0.15, -0.1) is 0 Å². The van der Waals surface area contributed by atoms with Crippen molar-refractivity contribution in [2.45, 2.75) is 51.2 Å². The monoisotopic (exact) mass is 519 g/mol. The summed E-state index contributed by atoms with van der Waals surface area (Å²) in [4.78, 5) is 52.5. The molecule has 8 nitrogen and oxygen atoms in total. The Kier molecular flexibility index (Phi) is 9.04. The maximum absolute atomic E-state index is 13.6. The van der Waals surface area contributed by atoms with Gasteiger partial charge < -0.3 is 15.4 Å². The summed E-state index contributed by atoms with van der Waals surface area (Å²) in [6.45, 7) is 1.55. The highest BCUT2D eigenvalue weighted by Crippen LogP contribution is 2.34. The highest BCUT2D eigenvalue weighted by molar-refractivity contribution is 6.13. The number of nitrogens with zero attached hydrogens (tertiary/aromatic N) is 2. The van der Waals surface area contributed by atoms with Crippen LogP contribution in [0.3, 0.4) is 0 Å². The van der Waals surface area contributed by atoms with Crippen molar-refractivity contribution in [2.75, 3.05) is 18.0 Å². The van der Waals surface area contributed by atoms with Crippen LogP contribution >= 0.6 is 0 Å². The van der Waals surface area contributed by atoms with E-state index in [1.807, 2.05) is 6.07 Å². The lowest BCUT2D eigenvalue weighted by Crippen LogP contribution is -2.44. The number of benzene rings is 2. The molecule has 1 aliphatic heterocycles. The molecule has 0 saturated heterocycles. The van der Waals surface area contributed by atoms with Gasteiger partial charge in [0.05, 0.1) is 17.7 Å². The molecule has 3 rings (SSSR count). The molecule has 2 aromatic carbocycles. The molecule has 0 aromatic heterocycles. The number of halogens is 3. The quantitative estimate of drug-likeness (QED) is 0.306. The number of aryl methyl sites for hydroxylation is 1. The van der Waals surface area contributed by atoms with Crippen molar-refractivity contribution >= 4 is 35.1 Å². The van der Waals surface area contributed by atoms with Gasteiger partial charge in [-0.3, -0.25) is 19.3 Å². The molecule has 2 amide bonds. The molecule has 1 unspecified atom stereocenters. The highest BCUT2D eigenvalue weighted by Gasteiger charge is 2.43. The summed E-state index contributed by atoms with van der Waals surface area (Å²) in [5, 5.41) is 0. The number of hydrogen-bond donors (Lipinski definition) is 1. The fourth-order valence-electron chi connectivity index (χ4n) is 4.10. The fourth-order valence-corrected chi connectivity index (χ4v) is 4.10. The fraction of sp³-hybridized carbons (Fsp3) is 0.385. The van der Waals surface area contributed by atoms with Crippen molar-refractivity contribution in [2.24, 2.45) is 5.73 Å². The number of anilines is 2. The van der Waals surface area contributed by atoms with E-state index in [4.69, 9.17) is 5.73 Å². The van der Waals surface area contributed by atoms with Gasteiger partial charge in [0.2, 0.25) is 0 Å². The van der Waals surface area contributed by atoms with E-state index in [1.54, 1.807) is 42.5 Å². The molecule has 0 spiro atoms. The Labute approximate surface area is 212 Å². The maximum Gasteiger partial charge on any atom is 0.491 e. The van der Waals surface area contributed by atoms with Crippen LogP contribution in [0.2, 0.25) is 0 Å². The van der Waals surface area contributed by atoms with Gasteiger partial charge in [-0.2, -0.15) is 13.2 Å². The van der Waals surface area contributed by atoms with Gasteiger partial charge in [0.25, 0.3) is 11.8 Å². The molecule has 0 saturated carbocycles. The van der Waals surface area contributed by atoms with Gasteiger partial charge >= 0.3 is 18.1 Å². The lowest BCUT2D eigenvalue weighted by atomic mass is 10.0. The summed E-state index contributed by atoms with van der Waals surface area (Å²) in [6, 6.07) is 12.9. The molecule has 1 atom stereocenters. The van der Waals surface area contributed by atoms with Crippen molar-refractivity contribution in [1.82, 2.24) is 4.90 Å². The Morgan fingerprint density at radius 2 is 1.76 bits per heavy atom. The molecule has 0 bridgehead atoms. The van der Waals surface area contributed by atoms with Crippen LogP contribution in [-0.2, 0) is 25.5 Å². The zero-order valence-corrected chi connectivity index (χ0v) is 20.3. The Morgan fingerprint density at radius 1 is 1.05 bits per heavy atom. The predicted octanol–water partition coefficient (Wildman–Crippen LogP) is 3.89. The second-order valence-corrected chi connectivity index (χ2v) is 8.76. The van der Waals surface area contributed by atoms with Crippen LogP contribution in [0.1, 0.15) is 48.5 Å². The van der Waals surface area contributed by atoms with Gasteiger partial charge in [-0.1, -0.05) is 30.7 Å². The van der Waals surface area contributed by atoms with Gasteiger partial charge in [0.15, 0.2) is 0 Å². The van der Waals surface area contributed by atoms with Gasteiger partial charge in [-0.05, 0) is 62.6 Å². The molecule has 198 valence electrons. The Bertz CT molecular complexity index is 1150. The molecule has 1 heterocycles. The number of hydrogen-bond acceptors (Lipinski definition) is 6. The number of unbranched alkanes of at least 4 members (excludes halogenated alkanes) is 2. The largest absolute Gasteiger partial charge is 0.491 e. The van der Waals surface area contributed by atoms with Gasteiger partial charge in [-0.25, -0.2) is 4.79 Å². The molecular formula is C26H28F3N3O5. The van der Waals surface area contributed by atoms with E-state index in [0.29, 0.717) is 24.3 Å².